The van der Waals surface area contributed by atoms with Gasteiger partial charge in [-0.25, -0.2) is 4.98 Å². The molecule has 0 radical (unpaired) electrons. The van der Waals surface area contributed by atoms with Crippen LogP contribution >= 0.6 is 11.3 Å². The summed E-state index contributed by atoms with van der Waals surface area (Å²) >= 11 is 1.28. The van der Waals surface area contributed by atoms with Gasteiger partial charge in [0.1, 0.15) is 0 Å². The molecule has 1 aromatic rings. The van der Waals surface area contributed by atoms with Crippen LogP contribution < -0.4 is 5.73 Å². The molecule has 0 aromatic carbocycles. The number of allylic oxidation sites excluding steroid dienone is 1. The fourth-order valence-electron chi connectivity index (χ4n) is 1.31. The quantitative estimate of drug-likeness (QED) is 0.614. The summed E-state index contributed by atoms with van der Waals surface area (Å²) in [4.78, 5) is 16.2. The monoisotopic (exact) mass is 180 g/mol. The molecule has 0 amide bonds. The molecular formula is C8H8N2OS. The van der Waals surface area contributed by atoms with Gasteiger partial charge >= 0.3 is 0 Å². The summed E-state index contributed by atoms with van der Waals surface area (Å²) in [6.07, 6.45) is 1.16. The maximum Gasteiger partial charge on any atom is 0.180 e. The van der Waals surface area contributed by atoms with E-state index < -0.39 is 0 Å². The highest BCUT2D eigenvalue weighted by Gasteiger charge is 2.23. The Bertz CT molecular complexity index is 367. The van der Waals surface area contributed by atoms with Crippen LogP contribution in [0.2, 0.25) is 0 Å². The predicted molar refractivity (Wildman–Crippen MR) is 48.3 cm³/mol. The predicted octanol–water partition coefficient (Wildman–Crippen LogP) is 1.41. The molecule has 2 rings (SSSR count). The van der Waals surface area contributed by atoms with Crippen LogP contribution in [0, 0.1) is 0 Å². The van der Waals surface area contributed by atoms with Crippen molar-refractivity contribution in [3.8, 4) is 0 Å². The van der Waals surface area contributed by atoms with Gasteiger partial charge in [0.25, 0.3) is 0 Å². The fourth-order valence-corrected chi connectivity index (χ4v) is 2.10. The molecule has 1 aromatic heterocycles. The van der Waals surface area contributed by atoms with E-state index in [-0.39, 0.29) is 5.78 Å². The molecule has 0 aliphatic heterocycles. The van der Waals surface area contributed by atoms with Crippen molar-refractivity contribution in [2.75, 3.05) is 5.73 Å². The van der Waals surface area contributed by atoms with Crippen LogP contribution in [0.3, 0.4) is 0 Å². The van der Waals surface area contributed by atoms with Crippen molar-refractivity contribution in [2.24, 2.45) is 0 Å². The summed E-state index contributed by atoms with van der Waals surface area (Å²) in [7, 11) is 0. The number of anilines is 1. The van der Waals surface area contributed by atoms with E-state index in [4.69, 9.17) is 5.73 Å². The van der Waals surface area contributed by atoms with Gasteiger partial charge in [0.15, 0.2) is 10.9 Å². The maximum absolute atomic E-state index is 11.4. The van der Waals surface area contributed by atoms with Gasteiger partial charge in [0.05, 0.1) is 10.6 Å². The average Bonchev–Trinajstić information content (AvgIpc) is 2.29. The van der Waals surface area contributed by atoms with Gasteiger partial charge in [-0.3, -0.25) is 4.79 Å². The van der Waals surface area contributed by atoms with Gasteiger partial charge in [0.2, 0.25) is 0 Å². The topological polar surface area (TPSA) is 56.0 Å². The van der Waals surface area contributed by atoms with Crippen LogP contribution in [0.5, 0.6) is 0 Å². The van der Waals surface area contributed by atoms with Gasteiger partial charge in [-0.15, -0.1) is 0 Å². The summed E-state index contributed by atoms with van der Waals surface area (Å²) in [5, 5.41) is 0.475. The highest BCUT2D eigenvalue weighted by atomic mass is 32.1. The zero-order chi connectivity index (χ0) is 8.72. The Labute approximate surface area is 73.9 Å². The summed E-state index contributed by atoms with van der Waals surface area (Å²) in [6, 6.07) is 0. The minimum absolute atomic E-state index is 0.107. The molecule has 0 fully saturated rings. The molecule has 4 heteroatoms. The first-order chi connectivity index (χ1) is 5.66. The third-order valence-corrected chi connectivity index (χ3v) is 2.76. The number of nitrogens with zero attached hydrogens (tertiary/aromatic N) is 1. The first-order valence-electron chi connectivity index (χ1n) is 3.62. The van der Waals surface area contributed by atoms with Crippen molar-refractivity contribution in [3.63, 3.8) is 0 Å². The Morgan fingerprint density at radius 1 is 1.50 bits per heavy atom. The fraction of sp³-hybridized carbons (Fsp3) is 0.250. The summed E-state index contributed by atoms with van der Waals surface area (Å²) in [6.45, 7) is 3.78. The van der Waals surface area contributed by atoms with Gasteiger partial charge in [-0.2, -0.15) is 0 Å². The number of carbonyl (C=O) groups excluding carboxylic acids is 1. The lowest BCUT2D eigenvalue weighted by molar-refractivity contribution is 0.0991. The third kappa shape index (κ3) is 1.04. The number of carbonyl (C=O) groups is 1. The van der Waals surface area contributed by atoms with Gasteiger partial charge < -0.3 is 5.73 Å². The van der Waals surface area contributed by atoms with E-state index in [1.165, 1.54) is 11.3 Å². The highest BCUT2D eigenvalue weighted by molar-refractivity contribution is 7.17. The zero-order valence-corrected chi connectivity index (χ0v) is 7.28. The SMILES string of the molecule is C=C1CC(=O)c2sc(N)nc2C1. The van der Waals surface area contributed by atoms with Crippen molar-refractivity contribution >= 4 is 22.3 Å². The van der Waals surface area contributed by atoms with Crippen molar-refractivity contribution in [1.29, 1.82) is 0 Å². The number of nitrogens with two attached hydrogens (primary N) is 1. The number of hydrogen-bond donors (Lipinski definition) is 1. The first-order valence-corrected chi connectivity index (χ1v) is 4.43. The zero-order valence-electron chi connectivity index (χ0n) is 6.46. The molecule has 1 aliphatic carbocycles. The van der Waals surface area contributed by atoms with E-state index in [2.05, 4.69) is 11.6 Å². The Morgan fingerprint density at radius 2 is 2.25 bits per heavy atom. The van der Waals surface area contributed by atoms with Crippen LogP contribution in [-0.2, 0) is 6.42 Å². The molecule has 0 unspecified atom stereocenters. The van der Waals surface area contributed by atoms with Gasteiger partial charge in [-0.05, 0) is 0 Å². The van der Waals surface area contributed by atoms with Crippen LogP contribution in [0.1, 0.15) is 21.8 Å². The van der Waals surface area contributed by atoms with E-state index in [9.17, 15) is 4.79 Å². The van der Waals surface area contributed by atoms with Crippen LogP contribution in [0.4, 0.5) is 5.13 Å². The number of nitrogen functional groups attached to an aromatic ring is 1. The number of rotatable bonds is 0. The molecule has 0 saturated heterocycles. The minimum atomic E-state index is 0.107. The maximum atomic E-state index is 11.4. The second-order valence-corrected chi connectivity index (χ2v) is 3.89. The lowest BCUT2D eigenvalue weighted by Crippen LogP contribution is -2.10. The average molecular weight is 180 g/mol. The number of hydrogen-bond acceptors (Lipinski definition) is 4. The largest absolute Gasteiger partial charge is 0.375 e. The molecular weight excluding hydrogens is 172 g/mol. The number of thiazole rings is 1. The molecule has 12 heavy (non-hydrogen) atoms. The molecule has 0 spiro atoms. The second-order valence-electron chi connectivity index (χ2n) is 2.85. The summed E-state index contributed by atoms with van der Waals surface area (Å²) in [5.41, 5.74) is 7.22. The third-order valence-electron chi connectivity index (χ3n) is 1.80. The Balaban J connectivity index is 2.53. The van der Waals surface area contributed by atoms with Crippen LogP contribution in [0.15, 0.2) is 12.2 Å². The summed E-state index contributed by atoms with van der Waals surface area (Å²) < 4.78 is 0. The lowest BCUT2D eigenvalue weighted by atomic mass is 9.97. The summed E-state index contributed by atoms with van der Waals surface area (Å²) in [5.74, 6) is 0.107. The van der Waals surface area contributed by atoms with Crippen molar-refractivity contribution in [3.05, 3.63) is 22.7 Å². The van der Waals surface area contributed by atoms with Crippen molar-refractivity contribution in [1.82, 2.24) is 4.98 Å². The van der Waals surface area contributed by atoms with E-state index in [1.807, 2.05) is 0 Å². The van der Waals surface area contributed by atoms with Crippen LogP contribution in [0.25, 0.3) is 0 Å². The lowest BCUT2D eigenvalue weighted by Gasteiger charge is -2.09. The molecule has 0 atom stereocenters. The van der Waals surface area contributed by atoms with E-state index in [0.29, 0.717) is 18.0 Å². The first kappa shape index (κ1) is 7.49. The molecule has 1 heterocycles. The van der Waals surface area contributed by atoms with E-state index >= 15 is 0 Å². The standard InChI is InChI=1S/C8H8N2OS/c1-4-2-5-7(6(11)3-4)12-8(9)10-5/h1-3H2,(H2,9,10). The van der Waals surface area contributed by atoms with E-state index in [1.54, 1.807) is 0 Å². The highest BCUT2D eigenvalue weighted by Crippen LogP contribution is 2.29. The number of fused-ring (bicyclic) bond motifs is 1. The Morgan fingerprint density at radius 3 is 3.00 bits per heavy atom. The minimum Gasteiger partial charge on any atom is -0.375 e. The Kier molecular flexibility index (Phi) is 1.51. The van der Waals surface area contributed by atoms with Gasteiger partial charge in [-0.1, -0.05) is 23.5 Å². The van der Waals surface area contributed by atoms with Gasteiger partial charge in [0, 0.05) is 12.8 Å². The molecule has 3 nitrogen and oxygen atoms in total. The smallest absolute Gasteiger partial charge is 0.180 e. The molecule has 2 N–H and O–H groups in total. The number of Topliss-reactive ketones (excluding diaryl/α,β-unsaturated/α-hetero) is 1. The molecule has 0 bridgehead atoms. The number of aromatic nitrogens is 1. The van der Waals surface area contributed by atoms with E-state index in [0.717, 1.165) is 16.1 Å². The number of ketones is 1. The normalized spacial score (nSPS) is 16.3. The Hall–Kier alpha value is -1.16. The second kappa shape index (κ2) is 2.42. The van der Waals surface area contributed by atoms with Crippen molar-refractivity contribution < 1.29 is 4.79 Å². The van der Waals surface area contributed by atoms with Crippen molar-refractivity contribution in [2.45, 2.75) is 12.8 Å². The van der Waals surface area contributed by atoms with Crippen LogP contribution in [-0.4, -0.2) is 10.8 Å². The molecule has 62 valence electrons. The molecule has 1 aliphatic rings. The molecule has 0 saturated carbocycles.